The number of non-ortho nitro benzene ring substituents is 1. The highest BCUT2D eigenvalue weighted by Gasteiger charge is 2.08. The summed E-state index contributed by atoms with van der Waals surface area (Å²) in [7, 11) is 0. The number of halogens is 1. The van der Waals surface area contributed by atoms with Crippen LogP contribution in [0.5, 0.6) is 0 Å². The molecule has 0 spiro atoms. The number of hydrogen-bond acceptors (Lipinski definition) is 5. The van der Waals surface area contributed by atoms with E-state index in [-0.39, 0.29) is 17.5 Å². The van der Waals surface area contributed by atoms with Crippen molar-refractivity contribution in [1.82, 2.24) is 10.7 Å². The van der Waals surface area contributed by atoms with Crippen LogP contribution in [0.4, 0.5) is 5.69 Å². The molecule has 2 amide bonds. The molecule has 0 heterocycles. The van der Waals surface area contributed by atoms with Gasteiger partial charge in [-0.15, -0.1) is 0 Å². The van der Waals surface area contributed by atoms with Gasteiger partial charge in [-0.3, -0.25) is 19.7 Å². The number of benzene rings is 2. The molecule has 9 heteroatoms. The van der Waals surface area contributed by atoms with Crippen molar-refractivity contribution in [3.8, 4) is 0 Å². The van der Waals surface area contributed by atoms with Gasteiger partial charge in [-0.25, -0.2) is 5.43 Å². The molecule has 29 heavy (non-hydrogen) atoms. The first-order valence-corrected chi connectivity index (χ1v) is 9.86. The molecule has 2 N–H and O–H groups in total. The minimum atomic E-state index is -0.477. The van der Waals surface area contributed by atoms with Crippen LogP contribution in [0, 0.1) is 10.1 Å². The van der Waals surface area contributed by atoms with Crippen molar-refractivity contribution >= 4 is 39.6 Å². The predicted octanol–water partition coefficient (Wildman–Crippen LogP) is 3.80. The lowest BCUT2D eigenvalue weighted by atomic mass is 10.2. The third-order valence-corrected chi connectivity index (χ3v) is 4.68. The Morgan fingerprint density at radius 3 is 2.48 bits per heavy atom. The summed E-state index contributed by atoms with van der Waals surface area (Å²) in [5, 5.41) is 17.3. The van der Waals surface area contributed by atoms with E-state index in [0.29, 0.717) is 30.5 Å². The van der Waals surface area contributed by atoms with Gasteiger partial charge in [0.25, 0.3) is 11.6 Å². The van der Waals surface area contributed by atoms with E-state index in [1.54, 1.807) is 18.2 Å². The van der Waals surface area contributed by atoms with Gasteiger partial charge < -0.3 is 5.32 Å². The lowest BCUT2D eigenvalue weighted by Gasteiger charge is -2.06. The second kappa shape index (κ2) is 11.7. The Labute approximate surface area is 176 Å². The molecule has 0 aromatic heterocycles. The van der Waals surface area contributed by atoms with E-state index in [2.05, 4.69) is 31.8 Å². The second-order valence-corrected chi connectivity index (χ2v) is 7.04. The van der Waals surface area contributed by atoms with E-state index in [1.807, 2.05) is 18.2 Å². The molecule has 0 saturated heterocycles. The number of nitrogens with one attached hydrogen (secondary N) is 2. The van der Waals surface area contributed by atoms with Gasteiger partial charge in [0, 0.05) is 29.6 Å². The van der Waals surface area contributed by atoms with E-state index in [0.717, 1.165) is 17.3 Å². The van der Waals surface area contributed by atoms with Crippen LogP contribution in [0.25, 0.3) is 0 Å². The maximum Gasteiger partial charge on any atom is 0.269 e. The molecule has 152 valence electrons. The predicted molar refractivity (Wildman–Crippen MR) is 114 cm³/mol. The van der Waals surface area contributed by atoms with Gasteiger partial charge in [0.15, 0.2) is 0 Å². The molecular weight excluding hydrogens is 440 g/mol. The molecule has 0 aliphatic heterocycles. The van der Waals surface area contributed by atoms with Gasteiger partial charge in [-0.2, -0.15) is 5.10 Å². The van der Waals surface area contributed by atoms with Gasteiger partial charge in [0.1, 0.15) is 0 Å². The summed E-state index contributed by atoms with van der Waals surface area (Å²) in [6.45, 7) is 0.542. The standard InChI is InChI=1S/C20H21BrN4O4/c21-18-7-4-3-6-17(18)20(27)22-13-5-1-2-8-19(26)24-23-14-15-9-11-16(12-10-15)25(28)29/h3-4,6-7,9-12,14H,1-2,5,8,13H2,(H,22,27)(H,24,26). The number of hydrazone groups is 1. The molecule has 0 aliphatic carbocycles. The molecule has 0 unspecified atom stereocenters. The molecule has 0 aliphatic rings. The van der Waals surface area contributed by atoms with Crippen LogP contribution in [0.2, 0.25) is 0 Å². The van der Waals surface area contributed by atoms with Crippen molar-refractivity contribution in [1.29, 1.82) is 0 Å². The molecule has 0 saturated carbocycles. The van der Waals surface area contributed by atoms with Crippen LogP contribution in [-0.2, 0) is 4.79 Å². The number of carbonyl (C=O) groups excluding carboxylic acids is 2. The molecule has 0 atom stereocenters. The molecule has 2 rings (SSSR count). The number of unbranched alkanes of at least 4 members (excludes halogenated alkanes) is 2. The van der Waals surface area contributed by atoms with E-state index >= 15 is 0 Å². The van der Waals surface area contributed by atoms with E-state index in [1.165, 1.54) is 18.3 Å². The SMILES string of the molecule is O=C(CCCCCNC(=O)c1ccccc1Br)NN=Cc1ccc([N+](=O)[O-])cc1. The van der Waals surface area contributed by atoms with Crippen molar-refractivity contribution < 1.29 is 14.5 Å². The summed E-state index contributed by atoms with van der Waals surface area (Å²) in [6, 6.07) is 13.1. The normalized spacial score (nSPS) is 10.7. The Kier molecular flexibility index (Phi) is 8.97. The summed E-state index contributed by atoms with van der Waals surface area (Å²) >= 11 is 3.35. The molecule has 0 radical (unpaired) electrons. The average molecular weight is 461 g/mol. The Bertz CT molecular complexity index is 884. The van der Waals surface area contributed by atoms with Gasteiger partial charge in [0.05, 0.1) is 16.7 Å². The number of nitrogens with zero attached hydrogens (tertiary/aromatic N) is 2. The topological polar surface area (TPSA) is 114 Å². The average Bonchev–Trinajstić information content (AvgIpc) is 2.71. The highest BCUT2D eigenvalue weighted by molar-refractivity contribution is 9.10. The van der Waals surface area contributed by atoms with Crippen LogP contribution in [-0.4, -0.2) is 29.5 Å². The van der Waals surface area contributed by atoms with Gasteiger partial charge in [0.2, 0.25) is 5.91 Å². The Morgan fingerprint density at radius 2 is 1.79 bits per heavy atom. The van der Waals surface area contributed by atoms with Crippen molar-refractivity contribution in [2.24, 2.45) is 5.10 Å². The van der Waals surface area contributed by atoms with Crippen LogP contribution >= 0.6 is 15.9 Å². The second-order valence-electron chi connectivity index (χ2n) is 6.19. The number of hydrogen-bond donors (Lipinski definition) is 2. The summed E-state index contributed by atoms with van der Waals surface area (Å²) in [5.74, 6) is -0.337. The van der Waals surface area contributed by atoms with Crippen LogP contribution in [0.15, 0.2) is 58.1 Å². The number of nitro benzene ring substituents is 1. The van der Waals surface area contributed by atoms with Crippen LogP contribution < -0.4 is 10.7 Å². The van der Waals surface area contributed by atoms with Crippen molar-refractivity contribution in [2.45, 2.75) is 25.7 Å². The first-order valence-electron chi connectivity index (χ1n) is 9.06. The fourth-order valence-corrected chi connectivity index (χ4v) is 2.91. The first-order chi connectivity index (χ1) is 14.0. The zero-order valence-corrected chi connectivity index (χ0v) is 17.2. The van der Waals surface area contributed by atoms with Crippen LogP contribution in [0.1, 0.15) is 41.6 Å². The maximum atomic E-state index is 12.0. The van der Waals surface area contributed by atoms with E-state index in [9.17, 15) is 19.7 Å². The zero-order chi connectivity index (χ0) is 21.1. The van der Waals surface area contributed by atoms with Crippen molar-refractivity contribution in [3.63, 3.8) is 0 Å². The molecular formula is C20H21BrN4O4. The first kappa shape index (κ1) is 22.2. The molecule has 2 aromatic carbocycles. The number of nitro groups is 1. The van der Waals surface area contributed by atoms with Crippen molar-refractivity contribution in [2.75, 3.05) is 6.54 Å². The van der Waals surface area contributed by atoms with Gasteiger partial charge in [-0.05, 0) is 58.6 Å². The summed E-state index contributed by atoms with van der Waals surface area (Å²) in [5.41, 5.74) is 3.67. The minimum Gasteiger partial charge on any atom is -0.352 e. The summed E-state index contributed by atoms with van der Waals surface area (Å²) < 4.78 is 0.753. The van der Waals surface area contributed by atoms with E-state index < -0.39 is 4.92 Å². The largest absolute Gasteiger partial charge is 0.352 e. The highest BCUT2D eigenvalue weighted by Crippen LogP contribution is 2.15. The molecule has 0 bridgehead atoms. The van der Waals surface area contributed by atoms with E-state index in [4.69, 9.17) is 0 Å². The summed E-state index contributed by atoms with van der Waals surface area (Å²) in [4.78, 5) is 33.9. The smallest absolute Gasteiger partial charge is 0.269 e. The number of carbonyl (C=O) groups is 2. The van der Waals surface area contributed by atoms with Crippen LogP contribution in [0.3, 0.4) is 0 Å². The maximum absolute atomic E-state index is 12.0. The highest BCUT2D eigenvalue weighted by atomic mass is 79.9. The third-order valence-electron chi connectivity index (χ3n) is 3.99. The molecule has 8 nitrogen and oxygen atoms in total. The zero-order valence-electron chi connectivity index (χ0n) is 15.6. The Balaban J connectivity index is 1.58. The van der Waals surface area contributed by atoms with Crippen molar-refractivity contribution in [3.05, 3.63) is 74.2 Å². The fraction of sp³-hybridized carbons (Fsp3) is 0.250. The monoisotopic (exact) mass is 460 g/mol. The number of amides is 2. The molecule has 2 aromatic rings. The quantitative estimate of drug-likeness (QED) is 0.243. The fourth-order valence-electron chi connectivity index (χ4n) is 2.45. The Hall–Kier alpha value is -3.07. The number of rotatable bonds is 10. The minimum absolute atomic E-state index is 0.00113. The van der Waals surface area contributed by atoms with Gasteiger partial charge >= 0.3 is 0 Å². The summed E-state index contributed by atoms with van der Waals surface area (Å²) in [6.07, 6.45) is 4.02. The lowest BCUT2D eigenvalue weighted by Crippen LogP contribution is -2.24. The lowest BCUT2D eigenvalue weighted by molar-refractivity contribution is -0.384. The molecule has 0 fully saturated rings. The third kappa shape index (κ3) is 7.82. The Morgan fingerprint density at radius 1 is 1.07 bits per heavy atom. The van der Waals surface area contributed by atoms with Gasteiger partial charge in [-0.1, -0.05) is 18.6 Å².